The van der Waals surface area contributed by atoms with Gasteiger partial charge in [-0.3, -0.25) is 4.99 Å². The molecule has 3 nitrogen and oxygen atoms in total. The largest absolute Gasteiger partial charge is 0.433 e. The van der Waals surface area contributed by atoms with E-state index in [1.165, 1.54) is 18.3 Å². The number of halogens is 3. The summed E-state index contributed by atoms with van der Waals surface area (Å²) in [5.74, 6) is 0. The molecule has 0 radical (unpaired) electrons. The second kappa shape index (κ2) is 7.89. The van der Waals surface area contributed by atoms with Gasteiger partial charge >= 0.3 is 6.18 Å². The van der Waals surface area contributed by atoms with E-state index in [0.29, 0.717) is 11.1 Å². The quantitative estimate of drug-likeness (QED) is 0.627. The molecule has 6 heteroatoms. The maximum Gasteiger partial charge on any atom is 0.433 e. The average Bonchev–Trinajstić information content (AvgIpc) is 2.47. The number of aliphatic imine (C=N–C) groups is 1. The summed E-state index contributed by atoms with van der Waals surface area (Å²) < 4.78 is 38.5. The summed E-state index contributed by atoms with van der Waals surface area (Å²) in [4.78, 5) is 7.95. The Labute approximate surface area is 128 Å². The van der Waals surface area contributed by atoms with Crippen molar-refractivity contribution in [3.05, 3.63) is 47.9 Å². The van der Waals surface area contributed by atoms with Crippen molar-refractivity contribution in [1.82, 2.24) is 4.98 Å². The van der Waals surface area contributed by atoms with Crippen LogP contribution in [0.3, 0.4) is 0 Å². The lowest BCUT2D eigenvalue weighted by molar-refractivity contribution is -0.141. The topological polar surface area (TPSA) is 51.3 Å². The molecule has 1 aromatic heterocycles. The minimum Gasteiger partial charge on any atom is -0.326 e. The van der Waals surface area contributed by atoms with E-state index in [2.05, 4.69) is 16.6 Å². The van der Waals surface area contributed by atoms with Crippen LogP contribution in [-0.2, 0) is 12.7 Å². The zero-order valence-corrected chi connectivity index (χ0v) is 12.7. The van der Waals surface area contributed by atoms with Crippen molar-refractivity contribution in [3.63, 3.8) is 0 Å². The molecule has 0 saturated carbocycles. The Kier molecular flexibility index (Phi) is 6.49. The van der Waals surface area contributed by atoms with Gasteiger partial charge in [0.1, 0.15) is 5.69 Å². The number of rotatable bonds is 6. The molecule has 0 unspecified atom stereocenters. The standard InChI is InChI=1S/C16H20F3N3/c1-4-6-11(3)21-10-12(5-2)15-13(9-20)7-8-14(22-15)16(17,18)19/h5,7-8,10H,2,4,6,9,20H2,1,3H3/b12-10+,21-11-. The molecule has 0 fully saturated rings. The third-order valence-corrected chi connectivity index (χ3v) is 3.02. The summed E-state index contributed by atoms with van der Waals surface area (Å²) in [5, 5.41) is 0. The van der Waals surface area contributed by atoms with Gasteiger partial charge in [-0.2, -0.15) is 13.2 Å². The molecule has 120 valence electrons. The highest BCUT2D eigenvalue weighted by Gasteiger charge is 2.33. The summed E-state index contributed by atoms with van der Waals surface area (Å²) in [5.41, 5.74) is 6.62. The van der Waals surface area contributed by atoms with E-state index in [4.69, 9.17) is 5.73 Å². The first-order valence-corrected chi connectivity index (χ1v) is 6.96. The lowest BCUT2D eigenvalue weighted by Crippen LogP contribution is -2.12. The molecule has 0 aliphatic heterocycles. The number of hydrogen-bond acceptors (Lipinski definition) is 3. The van der Waals surface area contributed by atoms with Crippen molar-refractivity contribution in [2.45, 2.75) is 39.4 Å². The Morgan fingerprint density at radius 1 is 1.41 bits per heavy atom. The predicted molar refractivity (Wildman–Crippen MR) is 83.3 cm³/mol. The zero-order chi connectivity index (χ0) is 16.8. The maximum absolute atomic E-state index is 12.8. The lowest BCUT2D eigenvalue weighted by Gasteiger charge is -2.12. The van der Waals surface area contributed by atoms with Gasteiger partial charge in [-0.1, -0.05) is 32.1 Å². The summed E-state index contributed by atoms with van der Waals surface area (Å²) in [6.07, 6.45) is 0.183. The molecule has 1 rings (SSSR count). The molecule has 1 aromatic rings. The van der Waals surface area contributed by atoms with Gasteiger partial charge in [0.2, 0.25) is 0 Å². The van der Waals surface area contributed by atoms with Gasteiger partial charge in [-0.05, 0) is 25.0 Å². The molecular formula is C16H20F3N3. The fourth-order valence-electron chi connectivity index (χ4n) is 1.88. The van der Waals surface area contributed by atoms with Crippen LogP contribution in [0.5, 0.6) is 0 Å². The Morgan fingerprint density at radius 3 is 2.59 bits per heavy atom. The minimum atomic E-state index is -4.50. The zero-order valence-electron chi connectivity index (χ0n) is 12.7. The van der Waals surface area contributed by atoms with Gasteiger partial charge < -0.3 is 5.73 Å². The molecule has 0 saturated heterocycles. The Hall–Kier alpha value is -1.95. The molecule has 0 bridgehead atoms. The molecule has 0 aromatic carbocycles. The molecule has 22 heavy (non-hydrogen) atoms. The van der Waals surface area contributed by atoms with Crippen LogP contribution in [0.1, 0.15) is 43.6 Å². The molecule has 0 amide bonds. The maximum atomic E-state index is 12.8. The molecule has 0 aliphatic rings. The van der Waals surface area contributed by atoms with Gasteiger partial charge in [-0.25, -0.2) is 4.98 Å². The Morgan fingerprint density at radius 2 is 2.09 bits per heavy atom. The first-order valence-electron chi connectivity index (χ1n) is 6.96. The van der Waals surface area contributed by atoms with E-state index in [9.17, 15) is 13.2 Å². The number of nitrogens with two attached hydrogens (primary N) is 1. The summed E-state index contributed by atoms with van der Waals surface area (Å²) in [7, 11) is 0. The monoisotopic (exact) mass is 311 g/mol. The van der Waals surface area contributed by atoms with Crippen LogP contribution in [0, 0.1) is 0 Å². The van der Waals surface area contributed by atoms with Gasteiger partial charge in [0.15, 0.2) is 0 Å². The third-order valence-electron chi connectivity index (χ3n) is 3.02. The Bertz CT molecular complexity index is 587. The number of allylic oxidation sites excluding steroid dienone is 2. The minimum absolute atomic E-state index is 0.0866. The van der Waals surface area contributed by atoms with Crippen LogP contribution in [0.2, 0.25) is 0 Å². The third kappa shape index (κ3) is 4.80. The van der Waals surface area contributed by atoms with Crippen molar-refractivity contribution >= 4 is 11.3 Å². The number of aromatic nitrogens is 1. The molecule has 0 atom stereocenters. The van der Waals surface area contributed by atoms with Crippen LogP contribution < -0.4 is 5.73 Å². The lowest BCUT2D eigenvalue weighted by atomic mass is 10.1. The second-order valence-electron chi connectivity index (χ2n) is 4.81. The average molecular weight is 311 g/mol. The van der Waals surface area contributed by atoms with Gasteiger partial charge in [0.25, 0.3) is 0 Å². The SMILES string of the molecule is C=C/C(=C\N=C(\C)CCC)c1nc(C(F)(F)F)ccc1CN. The van der Waals surface area contributed by atoms with Gasteiger partial charge in [0, 0.05) is 24.0 Å². The van der Waals surface area contributed by atoms with E-state index >= 15 is 0 Å². The summed E-state index contributed by atoms with van der Waals surface area (Å²) in [6.45, 7) is 7.61. The van der Waals surface area contributed by atoms with Crippen LogP contribution >= 0.6 is 0 Å². The van der Waals surface area contributed by atoms with E-state index in [0.717, 1.165) is 24.6 Å². The van der Waals surface area contributed by atoms with E-state index in [-0.39, 0.29) is 12.2 Å². The summed E-state index contributed by atoms with van der Waals surface area (Å²) in [6, 6.07) is 2.27. The fraction of sp³-hybridized carbons (Fsp3) is 0.375. The van der Waals surface area contributed by atoms with Crippen LogP contribution in [-0.4, -0.2) is 10.7 Å². The van der Waals surface area contributed by atoms with Crippen molar-refractivity contribution in [2.24, 2.45) is 10.7 Å². The first-order chi connectivity index (χ1) is 10.3. The molecular weight excluding hydrogens is 291 g/mol. The van der Waals surface area contributed by atoms with Crippen molar-refractivity contribution in [1.29, 1.82) is 0 Å². The highest BCUT2D eigenvalue weighted by molar-refractivity contribution is 5.84. The van der Waals surface area contributed by atoms with Gasteiger partial charge in [-0.15, -0.1) is 0 Å². The van der Waals surface area contributed by atoms with Crippen molar-refractivity contribution in [2.75, 3.05) is 0 Å². The van der Waals surface area contributed by atoms with Crippen molar-refractivity contribution in [3.8, 4) is 0 Å². The Balaban J connectivity index is 3.33. The molecule has 1 heterocycles. The van der Waals surface area contributed by atoms with E-state index in [1.807, 2.05) is 13.8 Å². The molecule has 0 aliphatic carbocycles. The second-order valence-corrected chi connectivity index (χ2v) is 4.81. The smallest absolute Gasteiger partial charge is 0.326 e. The number of alkyl halides is 3. The molecule has 2 N–H and O–H groups in total. The van der Waals surface area contributed by atoms with Crippen LogP contribution in [0.4, 0.5) is 13.2 Å². The first kappa shape index (κ1) is 18.1. The van der Waals surface area contributed by atoms with E-state index in [1.54, 1.807) is 0 Å². The van der Waals surface area contributed by atoms with Gasteiger partial charge in [0.05, 0.1) is 5.69 Å². The van der Waals surface area contributed by atoms with Crippen LogP contribution in [0.15, 0.2) is 36.0 Å². The fourth-order valence-corrected chi connectivity index (χ4v) is 1.88. The predicted octanol–water partition coefficient (Wildman–Crippen LogP) is 4.35. The molecule has 0 spiro atoms. The highest BCUT2D eigenvalue weighted by atomic mass is 19.4. The van der Waals surface area contributed by atoms with E-state index < -0.39 is 11.9 Å². The van der Waals surface area contributed by atoms with Crippen molar-refractivity contribution < 1.29 is 13.2 Å². The number of nitrogens with zero attached hydrogens (tertiary/aromatic N) is 2. The highest BCUT2D eigenvalue weighted by Crippen LogP contribution is 2.30. The van der Waals surface area contributed by atoms with Crippen LogP contribution in [0.25, 0.3) is 5.57 Å². The normalized spacial score (nSPS) is 13.4. The summed E-state index contributed by atoms with van der Waals surface area (Å²) >= 11 is 0. The number of hydrogen-bond donors (Lipinski definition) is 1. The number of pyridine rings is 1.